The zero-order valence-electron chi connectivity index (χ0n) is 7.71. The molecule has 0 saturated carbocycles. The van der Waals surface area contributed by atoms with Gasteiger partial charge in [0.1, 0.15) is 12.3 Å². The summed E-state index contributed by atoms with van der Waals surface area (Å²) in [6, 6.07) is 8.24. The highest BCUT2D eigenvalue weighted by Crippen LogP contribution is 2.10. The first-order chi connectivity index (χ1) is 5.86. The molecule has 1 aromatic carbocycles. The third kappa shape index (κ3) is 2.55. The zero-order chi connectivity index (χ0) is 8.81. The Hall–Kier alpha value is -1.02. The normalized spacial score (nSPS) is 9.83. The predicted octanol–water partition coefficient (Wildman–Crippen LogP) is 0.778. The molecule has 0 aliphatic rings. The van der Waals surface area contributed by atoms with Crippen molar-refractivity contribution in [2.45, 2.75) is 13.5 Å². The van der Waals surface area contributed by atoms with Crippen LogP contribution in [0.1, 0.15) is 12.5 Å². The van der Waals surface area contributed by atoms with Gasteiger partial charge in [-0.2, -0.15) is 0 Å². The number of ether oxygens (including phenoxy) is 1. The molecule has 2 N–H and O–H groups in total. The second-order valence-electron chi connectivity index (χ2n) is 2.69. The van der Waals surface area contributed by atoms with Gasteiger partial charge in [-0.15, -0.1) is 0 Å². The second kappa shape index (κ2) is 4.78. The summed E-state index contributed by atoms with van der Waals surface area (Å²) in [7, 11) is 2.07. The Morgan fingerprint density at radius 1 is 1.25 bits per heavy atom. The van der Waals surface area contributed by atoms with Gasteiger partial charge in [-0.1, -0.05) is 0 Å². The summed E-state index contributed by atoms with van der Waals surface area (Å²) in [5.74, 6) is 0.956. The highest BCUT2D eigenvalue weighted by Gasteiger charge is 1.93. The van der Waals surface area contributed by atoms with Gasteiger partial charge in [-0.05, 0) is 31.2 Å². The molecule has 12 heavy (non-hydrogen) atoms. The van der Waals surface area contributed by atoms with Crippen LogP contribution in [-0.4, -0.2) is 13.7 Å². The van der Waals surface area contributed by atoms with E-state index in [4.69, 9.17) is 4.74 Å². The lowest BCUT2D eigenvalue weighted by Gasteiger charge is -2.02. The summed E-state index contributed by atoms with van der Waals surface area (Å²) in [6.07, 6.45) is 0. The quantitative estimate of drug-likeness (QED) is 0.702. The van der Waals surface area contributed by atoms with Gasteiger partial charge in [0.2, 0.25) is 0 Å². The molecule has 0 fully saturated rings. The average molecular weight is 166 g/mol. The molecule has 0 unspecified atom stereocenters. The second-order valence-corrected chi connectivity index (χ2v) is 2.69. The lowest BCUT2D eigenvalue weighted by molar-refractivity contribution is -0.643. The smallest absolute Gasteiger partial charge is 0.119 e. The fourth-order valence-corrected chi connectivity index (χ4v) is 1.12. The minimum atomic E-state index is 0.735. The van der Waals surface area contributed by atoms with Crippen LogP contribution in [0.15, 0.2) is 24.3 Å². The summed E-state index contributed by atoms with van der Waals surface area (Å²) in [4.78, 5) is 0. The van der Waals surface area contributed by atoms with E-state index < -0.39 is 0 Å². The van der Waals surface area contributed by atoms with Crippen LogP contribution in [0.5, 0.6) is 5.75 Å². The van der Waals surface area contributed by atoms with Gasteiger partial charge in [0, 0.05) is 5.56 Å². The average Bonchev–Trinajstić information content (AvgIpc) is 2.09. The molecule has 0 spiro atoms. The number of hydrogen-bond acceptors (Lipinski definition) is 1. The molecule has 1 aromatic rings. The van der Waals surface area contributed by atoms with Crippen molar-refractivity contribution in [1.82, 2.24) is 0 Å². The van der Waals surface area contributed by atoms with Gasteiger partial charge in [-0.3, -0.25) is 0 Å². The SMILES string of the molecule is CCOc1ccc(C[NH2+]C)cc1. The Bertz CT molecular complexity index is 193. The molecule has 0 radical (unpaired) electrons. The summed E-state index contributed by atoms with van der Waals surface area (Å²) in [5, 5.41) is 2.15. The summed E-state index contributed by atoms with van der Waals surface area (Å²) in [5.41, 5.74) is 1.33. The van der Waals surface area contributed by atoms with Gasteiger partial charge in [0.15, 0.2) is 0 Å². The molecule has 0 heterocycles. The van der Waals surface area contributed by atoms with Gasteiger partial charge >= 0.3 is 0 Å². The molecule has 1 rings (SSSR count). The third-order valence-electron chi connectivity index (χ3n) is 1.67. The number of rotatable bonds is 4. The van der Waals surface area contributed by atoms with Crippen LogP contribution in [0.2, 0.25) is 0 Å². The minimum absolute atomic E-state index is 0.735. The topological polar surface area (TPSA) is 25.8 Å². The number of benzene rings is 1. The molecule has 0 amide bonds. The van der Waals surface area contributed by atoms with Crippen LogP contribution in [-0.2, 0) is 6.54 Å². The van der Waals surface area contributed by atoms with Gasteiger partial charge in [0.05, 0.1) is 13.7 Å². The molecular weight excluding hydrogens is 150 g/mol. The van der Waals surface area contributed by atoms with E-state index in [-0.39, 0.29) is 0 Å². The molecule has 0 aliphatic carbocycles. The van der Waals surface area contributed by atoms with Crippen molar-refractivity contribution in [3.8, 4) is 5.75 Å². The monoisotopic (exact) mass is 166 g/mol. The fraction of sp³-hybridized carbons (Fsp3) is 0.400. The number of quaternary nitrogens is 1. The highest BCUT2D eigenvalue weighted by atomic mass is 16.5. The first-order valence-corrected chi connectivity index (χ1v) is 4.36. The van der Waals surface area contributed by atoms with E-state index in [2.05, 4.69) is 24.5 Å². The van der Waals surface area contributed by atoms with Crippen LogP contribution in [0.3, 0.4) is 0 Å². The Morgan fingerprint density at radius 3 is 2.42 bits per heavy atom. The molecule has 2 heteroatoms. The first-order valence-electron chi connectivity index (χ1n) is 4.36. The molecule has 0 aromatic heterocycles. The molecular formula is C10H16NO+. The molecule has 0 atom stereocenters. The van der Waals surface area contributed by atoms with E-state index in [0.29, 0.717) is 0 Å². The maximum Gasteiger partial charge on any atom is 0.119 e. The van der Waals surface area contributed by atoms with E-state index in [9.17, 15) is 0 Å². The van der Waals surface area contributed by atoms with Crippen molar-refractivity contribution in [3.05, 3.63) is 29.8 Å². The van der Waals surface area contributed by atoms with Crippen LogP contribution < -0.4 is 10.1 Å². The first kappa shape index (κ1) is 9.07. The van der Waals surface area contributed by atoms with Crippen molar-refractivity contribution in [2.24, 2.45) is 0 Å². The minimum Gasteiger partial charge on any atom is -0.494 e. The Morgan fingerprint density at radius 2 is 1.92 bits per heavy atom. The zero-order valence-corrected chi connectivity index (χ0v) is 7.71. The van der Waals surface area contributed by atoms with Crippen molar-refractivity contribution in [3.63, 3.8) is 0 Å². The highest BCUT2D eigenvalue weighted by molar-refractivity contribution is 5.26. The van der Waals surface area contributed by atoms with Crippen LogP contribution in [0.4, 0.5) is 0 Å². The molecule has 66 valence electrons. The lowest BCUT2D eigenvalue weighted by atomic mass is 10.2. The van der Waals surface area contributed by atoms with E-state index in [0.717, 1.165) is 18.9 Å². The standard InChI is InChI=1S/C10H15NO/c1-3-12-10-6-4-9(5-7-10)8-11-2/h4-7,11H,3,8H2,1-2H3/p+1. The van der Waals surface area contributed by atoms with Crippen LogP contribution in [0, 0.1) is 0 Å². The summed E-state index contributed by atoms with van der Waals surface area (Å²) in [6.45, 7) is 3.76. The van der Waals surface area contributed by atoms with Crippen LogP contribution >= 0.6 is 0 Å². The van der Waals surface area contributed by atoms with Gasteiger partial charge < -0.3 is 10.1 Å². The number of nitrogens with two attached hydrogens (primary N) is 1. The summed E-state index contributed by atoms with van der Waals surface area (Å²) < 4.78 is 5.33. The van der Waals surface area contributed by atoms with Crippen molar-refractivity contribution >= 4 is 0 Å². The van der Waals surface area contributed by atoms with Gasteiger partial charge in [0.25, 0.3) is 0 Å². The maximum absolute atomic E-state index is 5.33. The third-order valence-corrected chi connectivity index (χ3v) is 1.67. The fourth-order valence-electron chi connectivity index (χ4n) is 1.12. The van der Waals surface area contributed by atoms with E-state index in [1.165, 1.54) is 5.56 Å². The summed E-state index contributed by atoms with van der Waals surface area (Å²) >= 11 is 0. The Labute approximate surface area is 73.6 Å². The molecule has 2 nitrogen and oxygen atoms in total. The van der Waals surface area contributed by atoms with Gasteiger partial charge in [-0.25, -0.2) is 0 Å². The maximum atomic E-state index is 5.33. The predicted molar refractivity (Wildman–Crippen MR) is 49.2 cm³/mol. The molecule has 0 bridgehead atoms. The Balaban J connectivity index is 2.58. The largest absolute Gasteiger partial charge is 0.494 e. The van der Waals surface area contributed by atoms with E-state index in [1.807, 2.05) is 19.1 Å². The number of hydrogen-bond donors (Lipinski definition) is 1. The van der Waals surface area contributed by atoms with Crippen molar-refractivity contribution in [1.29, 1.82) is 0 Å². The van der Waals surface area contributed by atoms with Crippen molar-refractivity contribution in [2.75, 3.05) is 13.7 Å². The van der Waals surface area contributed by atoms with E-state index in [1.54, 1.807) is 0 Å². The Kier molecular flexibility index (Phi) is 3.61. The van der Waals surface area contributed by atoms with Crippen molar-refractivity contribution < 1.29 is 10.1 Å². The lowest BCUT2D eigenvalue weighted by Crippen LogP contribution is -2.77. The van der Waals surface area contributed by atoms with Crippen LogP contribution in [0.25, 0.3) is 0 Å². The molecule has 0 saturated heterocycles. The van der Waals surface area contributed by atoms with E-state index >= 15 is 0 Å². The molecule has 0 aliphatic heterocycles.